The fourth-order valence-corrected chi connectivity index (χ4v) is 5.58. The predicted molar refractivity (Wildman–Crippen MR) is 178 cm³/mol. The van der Waals surface area contributed by atoms with Gasteiger partial charge in [-0.05, 0) is 85.4 Å². The Morgan fingerprint density at radius 1 is 0.889 bits per heavy atom. The molecule has 1 aliphatic rings. The number of hydrogen-bond acceptors (Lipinski definition) is 7. The number of para-hydroxylation sites is 2. The number of amides is 3. The van der Waals surface area contributed by atoms with Crippen LogP contribution in [0.25, 0.3) is 0 Å². The number of sulfonamides is 1. The number of hydrogen-bond donors (Lipinski definition) is 3. The van der Waals surface area contributed by atoms with Gasteiger partial charge in [-0.2, -0.15) is 0 Å². The summed E-state index contributed by atoms with van der Waals surface area (Å²) in [4.78, 5) is 43.5. The third-order valence-electron chi connectivity index (χ3n) is 7.49. The number of anilines is 2. The zero-order valence-electron chi connectivity index (χ0n) is 27.6. The van der Waals surface area contributed by atoms with Crippen molar-refractivity contribution in [2.75, 3.05) is 35.8 Å². The lowest BCUT2D eigenvalue weighted by Crippen LogP contribution is -2.61. The summed E-state index contributed by atoms with van der Waals surface area (Å²) in [6.07, 6.45) is 1.12. The highest BCUT2D eigenvalue weighted by molar-refractivity contribution is 7.93. The Kier molecular flexibility index (Phi) is 11.9. The number of benzene rings is 2. The third-order valence-corrected chi connectivity index (χ3v) is 9.24. The number of nitrogens with zero attached hydrogens (tertiary/aromatic N) is 2. The lowest BCUT2D eigenvalue weighted by Gasteiger charge is -2.39. The van der Waals surface area contributed by atoms with Crippen molar-refractivity contribution in [3.63, 3.8) is 0 Å². The molecule has 1 fully saturated rings. The smallest absolute Gasteiger partial charge is 0.408 e. The minimum Gasteiger partial charge on any atom is -0.444 e. The first-order valence-electron chi connectivity index (χ1n) is 15.5. The highest BCUT2D eigenvalue weighted by Gasteiger charge is 2.36. The van der Waals surface area contributed by atoms with Gasteiger partial charge in [-0.1, -0.05) is 42.5 Å². The van der Waals surface area contributed by atoms with Gasteiger partial charge in [-0.25, -0.2) is 13.2 Å². The van der Waals surface area contributed by atoms with Crippen molar-refractivity contribution in [1.82, 2.24) is 15.5 Å². The molecule has 248 valence electrons. The molecule has 45 heavy (non-hydrogen) atoms. The van der Waals surface area contributed by atoms with Gasteiger partial charge in [0.1, 0.15) is 17.2 Å². The van der Waals surface area contributed by atoms with Crippen LogP contribution in [-0.2, 0) is 30.8 Å². The molecule has 1 aliphatic heterocycles. The molecule has 2 aromatic rings. The summed E-state index contributed by atoms with van der Waals surface area (Å²) >= 11 is 0. The van der Waals surface area contributed by atoms with Crippen molar-refractivity contribution in [2.45, 2.75) is 90.2 Å². The molecule has 0 unspecified atom stereocenters. The van der Waals surface area contributed by atoms with Gasteiger partial charge in [0.25, 0.3) is 0 Å². The quantitative estimate of drug-likeness (QED) is 0.314. The molecule has 3 rings (SSSR count). The molecule has 2 aromatic carbocycles. The summed E-state index contributed by atoms with van der Waals surface area (Å²) in [5.41, 5.74) is 0.329. The average Bonchev–Trinajstić information content (AvgIpc) is 2.95. The summed E-state index contributed by atoms with van der Waals surface area (Å²) in [5, 5.41) is 4.94. The van der Waals surface area contributed by atoms with Crippen LogP contribution in [0.4, 0.5) is 16.2 Å². The molecule has 12 heteroatoms. The largest absolute Gasteiger partial charge is 0.444 e. The fourth-order valence-electron chi connectivity index (χ4n) is 4.86. The highest BCUT2D eigenvalue weighted by Crippen LogP contribution is 2.28. The molecule has 3 N–H and O–H groups in total. The standard InChI is InChI=1S/C33H49N5O6S/c1-24(2)45(42,43)36-26-17-11-12-19-28(26)37-20-22-38(23-21-37)29(39)27(18-13-16-25-14-9-8-10-15-25)34-30(40)33(6,7)35-31(41)44-32(3,4)5/h8-12,14-15,17,19,24,27,36H,13,16,18,20-23H2,1-7H3,(H,34,40)(H,35,41)/t27-/m1/s1. The first-order valence-corrected chi connectivity index (χ1v) is 17.0. The van der Waals surface area contributed by atoms with Crippen molar-refractivity contribution < 1.29 is 27.5 Å². The van der Waals surface area contributed by atoms with Gasteiger partial charge in [-0.3, -0.25) is 14.3 Å². The Morgan fingerprint density at radius 2 is 1.49 bits per heavy atom. The summed E-state index contributed by atoms with van der Waals surface area (Å²) in [5.74, 6) is -0.686. The van der Waals surface area contributed by atoms with Crippen molar-refractivity contribution in [3.8, 4) is 0 Å². The topological polar surface area (TPSA) is 137 Å². The number of rotatable bonds is 12. The van der Waals surface area contributed by atoms with E-state index in [1.807, 2.05) is 42.5 Å². The molecule has 3 amide bonds. The third kappa shape index (κ3) is 10.7. The summed E-state index contributed by atoms with van der Waals surface area (Å²) < 4.78 is 33.1. The summed E-state index contributed by atoms with van der Waals surface area (Å²) in [6.45, 7) is 13.4. The van der Waals surface area contributed by atoms with E-state index in [4.69, 9.17) is 4.74 Å². The van der Waals surface area contributed by atoms with Crippen LogP contribution in [0.2, 0.25) is 0 Å². The maximum absolute atomic E-state index is 13.9. The monoisotopic (exact) mass is 643 g/mol. The number of ether oxygens (including phenoxy) is 1. The second-order valence-corrected chi connectivity index (χ2v) is 15.4. The molecule has 0 aliphatic carbocycles. The molecule has 1 saturated heterocycles. The first kappa shape index (κ1) is 35.7. The Bertz CT molecular complexity index is 1410. The van der Waals surface area contributed by atoms with Crippen molar-refractivity contribution in [2.24, 2.45) is 0 Å². The van der Waals surface area contributed by atoms with Crippen molar-refractivity contribution in [1.29, 1.82) is 0 Å². The van der Waals surface area contributed by atoms with Gasteiger partial charge >= 0.3 is 6.09 Å². The van der Waals surface area contributed by atoms with E-state index < -0.39 is 44.5 Å². The Balaban J connectivity index is 1.71. The van der Waals surface area contributed by atoms with E-state index in [1.165, 1.54) is 0 Å². The van der Waals surface area contributed by atoms with Crippen LogP contribution in [0.15, 0.2) is 54.6 Å². The van der Waals surface area contributed by atoms with Crippen LogP contribution in [0.3, 0.4) is 0 Å². The second-order valence-electron chi connectivity index (χ2n) is 13.2. The first-order chi connectivity index (χ1) is 21.0. The van der Waals surface area contributed by atoms with Gasteiger partial charge in [0.2, 0.25) is 21.8 Å². The van der Waals surface area contributed by atoms with E-state index >= 15 is 0 Å². The zero-order chi connectivity index (χ0) is 33.4. The van der Waals surface area contributed by atoms with E-state index in [0.29, 0.717) is 44.7 Å². The normalized spacial score (nSPS) is 14.9. The Morgan fingerprint density at radius 3 is 2.09 bits per heavy atom. The minimum absolute atomic E-state index is 0.196. The van der Waals surface area contributed by atoms with E-state index in [9.17, 15) is 22.8 Å². The van der Waals surface area contributed by atoms with Crippen LogP contribution in [-0.4, -0.2) is 79.8 Å². The van der Waals surface area contributed by atoms with Gasteiger partial charge < -0.3 is 25.2 Å². The van der Waals surface area contributed by atoms with Gasteiger partial charge in [0.05, 0.1) is 16.6 Å². The van der Waals surface area contributed by atoms with Crippen LogP contribution in [0.1, 0.15) is 66.9 Å². The molecule has 0 saturated carbocycles. The summed E-state index contributed by atoms with van der Waals surface area (Å²) in [7, 11) is -3.53. The molecule has 0 aromatic heterocycles. The number of carbonyl (C=O) groups excluding carboxylic acids is 3. The fraction of sp³-hybridized carbons (Fsp3) is 0.545. The Labute approximate surface area is 268 Å². The lowest BCUT2D eigenvalue weighted by molar-refractivity contribution is -0.138. The van der Waals surface area contributed by atoms with Crippen LogP contribution in [0.5, 0.6) is 0 Å². The molecular formula is C33H49N5O6S. The van der Waals surface area contributed by atoms with E-state index in [2.05, 4.69) is 20.3 Å². The number of aryl methyl sites for hydroxylation is 1. The lowest BCUT2D eigenvalue weighted by atomic mass is 10.0. The maximum atomic E-state index is 13.9. The molecule has 0 spiro atoms. The van der Waals surface area contributed by atoms with Crippen molar-refractivity contribution >= 4 is 39.3 Å². The number of nitrogens with one attached hydrogen (secondary N) is 3. The zero-order valence-corrected chi connectivity index (χ0v) is 28.4. The van der Waals surface area contributed by atoms with E-state index in [1.54, 1.807) is 65.5 Å². The molecule has 1 atom stereocenters. The molecule has 0 bridgehead atoms. The van der Waals surface area contributed by atoms with Gasteiger partial charge in [-0.15, -0.1) is 0 Å². The number of carbonyl (C=O) groups is 3. The molecular weight excluding hydrogens is 594 g/mol. The highest BCUT2D eigenvalue weighted by atomic mass is 32.2. The second kappa shape index (κ2) is 15.0. The Hall–Kier alpha value is -3.80. The van der Waals surface area contributed by atoms with Gasteiger partial charge in [0, 0.05) is 26.2 Å². The molecule has 0 radical (unpaired) electrons. The van der Waals surface area contributed by atoms with E-state index in [-0.39, 0.29) is 5.91 Å². The molecule has 1 heterocycles. The number of piperazine rings is 1. The van der Waals surface area contributed by atoms with Crippen molar-refractivity contribution in [3.05, 3.63) is 60.2 Å². The number of alkyl carbamates (subject to hydrolysis) is 1. The van der Waals surface area contributed by atoms with Crippen LogP contribution >= 0.6 is 0 Å². The average molecular weight is 644 g/mol. The van der Waals surface area contributed by atoms with Crippen LogP contribution < -0.4 is 20.3 Å². The SMILES string of the molecule is CC(C)S(=O)(=O)Nc1ccccc1N1CCN(C(=O)[C@@H](CCCc2ccccc2)NC(=O)C(C)(C)NC(=O)OC(C)(C)C)CC1. The maximum Gasteiger partial charge on any atom is 0.408 e. The predicted octanol–water partition coefficient (Wildman–Crippen LogP) is 4.30. The van der Waals surface area contributed by atoms with E-state index in [0.717, 1.165) is 17.7 Å². The molecule has 11 nitrogen and oxygen atoms in total. The summed E-state index contributed by atoms with van der Waals surface area (Å²) in [6, 6.07) is 16.4. The van der Waals surface area contributed by atoms with Gasteiger partial charge in [0.15, 0.2) is 0 Å². The minimum atomic E-state index is -3.53. The van der Waals surface area contributed by atoms with Crippen LogP contribution in [0, 0.1) is 0 Å².